The number of aliphatic hydroxyl groups is 1. The highest BCUT2D eigenvalue weighted by Gasteiger charge is 2.43. The van der Waals surface area contributed by atoms with Gasteiger partial charge in [0.2, 0.25) is 0 Å². The number of esters is 1. The van der Waals surface area contributed by atoms with Crippen molar-refractivity contribution in [2.24, 2.45) is 11.3 Å². The Kier molecular flexibility index (Phi) is 5.20. The molecule has 0 aliphatic heterocycles. The number of ether oxygens (including phenoxy) is 1. The second-order valence-corrected chi connectivity index (χ2v) is 6.24. The molecule has 0 radical (unpaired) electrons. The van der Waals surface area contributed by atoms with Crippen LogP contribution >= 0.6 is 0 Å². The van der Waals surface area contributed by atoms with Crippen molar-refractivity contribution < 1.29 is 14.6 Å². The maximum atomic E-state index is 12.3. The molecule has 1 N–H and O–H groups in total. The monoisotopic (exact) mass is 256 g/mol. The summed E-state index contributed by atoms with van der Waals surface area (Å²) in [5.41, 5.74) is -1.06. The number of hydrogen-bond acceptors (Lipinski definition) is 3. The van der Waals surface area contributed by atoms with Gasteiger partial charge in [-0.3, -0.25) is 4.79 Å². The molecular formula is C15H28O3. The van der Waals surface area contributed by atoms with Crippen LogP contribution < -0.4 is 0 Å². The van der Waals surface area contributed by atoms with Gasteiger partial charge in [0, 0.05) is 0 Å². The summed E-state index contributed by atoms with van der Waals surface area (Å²) in [7, 11) is 0. The van der Waals surface area contributed by atoms with Gasteiger partial charge in [0.25, 0.3) is 0 Å². The Labute approximate surface area is 111 Å². The Hall–Kier alpha value is -0.570. The van der Waals surface area contributed by atoms with Gasteiger partial charge in [-0.2, -0.15) is 0 Å². The summed E-state index contributed by atoms with van der Waals surface area (Å²) in [6.45, 7) is 7.81. The zero-order valence-electron chi connectivity index (χ0n) is 12.3. The summed E-state index contributed by atoms with van der Waals surface area (Å²) in [6, 6.07) is 0. The predicted molar refractivity (Wildman–Crippen MR) is 72.2 cm³/mol. The fraction of sp³-hybridized carbons (Fsp3) is 0.933. The van der Waals surface area contributed by atoms with E-state index in [1.807, 2.05) is 6.92 Å². The van der Waals surface area contributed by atoms with Crippen LogP contribution in [0.5, 0.6) is 0 Å². The molecule has 1 saturated carbocycles. The fourth-order valence-electron chi connectivity index (χ4n) is 2.58. The summed E-state index contributed by atoms with van der Waals surface area (Å²) in [5, 5.41) is 9.41. The summed E-state index contributed by atoms with van der Waals surface area (Å²) < 4.78 is 5.89. The van der Waals surface area contributed by atoms with Crippen LogP contribution in [0.4, 0.5) is 0 Å². The Morgan fingerprint density at radius 1 is 1.33 bits per heavy atom. The number of rotatable bonds is 5. The highest BCUT2D eigenvalue weighted by atomic mass is 16.6. The quantitative estimate of drug-likeness (QED) is 0.768. The van der Waals surface area contributed by atoms with Crippen LogP contribution in [0, 0.1) is 11.3 Å². The summed E-state index contributed by atoms with van der Waals surface area (Å²) in [6.07, 6.45) is 6.03. The first kappa shape index (κ1) is 15.5. The third kappa shape index (κ3) is 3.05. The second kappa shape index (κ2) is 6.05. The first-order valence-electron chi connectivity index (χ1n) is 7.24. The first-order valence-corrected chi connectivity index (χ1v) is 7.24. The molecule has 18 heavy (non-hydrogen) atoms. The maximum absolute atomic E-state index is 12.3. The van der Waals surface area contributed by atoms with E-state index in [0.29, 0.717) is 12.3 Å². The van der Waals surface area contributed by atoms with Crippen molar-refractivity contribution in [1.82, 2.24) is 0 Å². The van der Waals surface area contributed by atoms with Crippen molar-refractivity contribution in [1.29, 1.82) is 0 Å². The van der Waals surface area contributed by atoms with Crippen LogP contribution in [0.2, 0.25) is 0 Å². The average Bonchev–Trinajstić information content (AvgIpc) is 2.38. The van der Waals surface area contributed by atoms with Crippen LogP contribution in [0.25, 0.3) is 0 Å². The third-order valence-electron chi connectivity index (χ3n) is 4.67. The van der Waals surface area contributed by atoms with Crippen molar-refractivity contribution in [2.75, 3.05) is 6.61 Å². The molecular weight excluding hydrogens is 228 g/mol. The molecule has 1 rings (SSSR count). The average molecular weight is 256 g/mol. The molecule has 0 saturated heterocycles. The number of aliphatic hydroxyl groups excluding tert-OH is 1. The zero-order valence-corrected chi connectivity index (χ0v) is 12.3. The lowest BCUT2D eigenvalue weighted by Gasteiger charge is -2.42. The molecule has 0 heterocycles. The maximum Gasteiger partial charge on any atom is 0.314 e. The topological polar surface area (TPSA) is 46.5 Å². The number of hydrogen-bond donors (Lipinski definition) is 1. The molecule has 0 aromatic carbocycles. The lowest BCUT2D eigenvalue weighted by molar-refractivity contribution is -0.183. The van der Waals surface area contributed by atoms with Crippen LogP contribution in [-0.4, -0.2) is 23.3 Å². The molecule has 1 aliphatic rings. The molecule has 1 unspecified atom stereocenters. The molecule has 3 heteroatoms. The van der Waals surface area contributed by atoms with Crippen LogP contribution in [-0.2, 0) is 9.53 Å². The van der Waals surface area contributed by atoms with Gasteiger partial charge in [-0.25, -0.2) is 0 Å². The second-order valence-electron chi connectivity index (χ2n) is 6.24. The Morgan fingerprint density at radius 2 is 1.89 bits per heavy atom. The molecule has 0 spiro atoms. The normalized spacial score (nSPS) is 22.6. The smallest absolute Gasteiger partial charge is 0.314 e. The van der Waals surface area contributed by atoms with Gasteiger partial charge in [-0.1, -0.05) is 27.2 Å². The van der Waals surface area contributed by atoms with E-state index < -0.39 is 5.41 Å². The van der Waals surface area contributed by atoms with E-state index in [2.05, 4.69) is 13.8 Å². The van der Waals surface area contributed by atoms with Gasteiger partial charge in [0.15, 0.2) is 0 Å². The summed E-state index contributed by atoms with van der Waals surface area (Å²) in [5.74, 6) is 0.102. The van der Waals surface area contributed by atoms with Crippen LogP contribution in [0.15, 0.2) is 0 Å². The minimum atomic E-state index is -0.751. The van der Waals surface area contributed by atoms with E-state index in [4.69, 9.17) is 4.74 Å². The van der Waals surface area contributed by atoms with Crippen LogP contribution in [0.1, 0.15) is 66.2 Å². The van der Waals surface area contributed by atoms with Crippen molar-refractivity contribution >= 4 is 5.97 Å². The minimum Gasteiger partial charge on any atom is -0.458 e. The van der Waals surface area contributed by atoms with Gasteiger partial charge < -0.3 is 9.84 Å². The van der Waals surface area contributed by atoms with Crippen molar-refractivity contribution in [3.63, 3.8) is 0 Å². The summed E-state index contributed by atoms with van der Waals surface area (Å²) >= 11 is 0. The standard InChI is InChI=1S/C15H28O3/c1-5-14(4,11-16)13(17)18-15(12(2)3)9-7-6-8-10-15/h12,16H,5-11H2,1-4H3. The van der Waals surface area contributed by atoms with Gasteiger partial charge in [-0.05, 0) is 44.9 Å². The molecule has 0 aromatic heterocycles. The van der Waals surface area contributed by atoms with Gasteiger partial charge in [-0.15, -0.1) is 0 Å². The predicted octanol–water partition coefficient (Wildman–Crippen LogP) is 3.30. The fourth-order valence-corrected chi connectivity index (χ4v) is 2.58. The number of carbonyl (C=O) groups excluding carboxylic acids is 1. The molecule has 0 bridgehead atoms. The molecule has 0 amide bonds. The zero-order chi connectivity index (χ0) is 13.8. The molecule has 1 fully saturated rings. The highest BCUT2D eigenvalue weighted by molar-refractivity contribution is 5.77. The van der Waals surface area contributed by atoms with Crippen LogP contribution in [0.3, 0.4) is 0 Å². The van der Waals surface area contributed by atoms with E-state index in [1.165, 1.54) is 6.42 Å². The third-order valence-corrected chi connectivity index (χ3v) is 4.67. The van der Waals surface area contributed by atoms with E-state index in [-0.39, 0.29) is 18.2 Å². The SMILES string of the molecule is CCC(C)(CO)C(=O)OC1(C(C)C)CCCCC1. The lowest BCUT2D eigenvalue weighted by atomic mass is 9.76. The molecule has 106 valence electrons. The molecule has 0 aromatic rings. The summed E-state index contributed by atoms with van der Waals surface area (Å²) in [4.78, 5) is 12.3. The molecule has 1 aliphatic carbocycles. The van der Waals surface area contributed by atoms with Crippen molar-refractivity contribution in [3.05, 3.63) is 0 Å². The largest absolute Gasteiger partial charge is 0.458 e. The first-order chi connectivity index (χ1) is 8.40. The van der Waals surface area contributed by atoms with Gasteiger partial charge in [0.05, 0.1) is 12.0 Å². The molecule has 3 nitrogen and oxygen atoms in total. The van der Waals surface area contributed by atoms with E-state index >= 15 is 0 Å². The Bertz CT molecular complexity index is 273. The van der Waals surface area contributed by atoms with E-state index in [0.717, 1.165) is 25.7 Å². The highest BCUT2D eigenvalue weighted by Crippen LogP contribution is 2.39. The van der Waals surface area contributed by atoms with Crippen molar-refractivity contribution in [3.8, 4) is 0 Å². The molecule has 1 atom stereocenters. The number of carbonyl (C=O) groups is 1. The van der Waals surface area contributed by atoms with Gasteiger partial charge >= 0.3 is 5.97 Å². The van der Waals surface area contributed by atoms with Gasteiger partial charge in [0.1, 0.15) is 5.60 Å². The Morgan fingerprint density at radius 3 is 2.28 bits per heavy atom. The minimum absolute atomic E-state index is 0.142. The van der Waals surface area contributed by atoms with Crippen molar-refractivity contribution in [2.45, 2.75) is 71.8 Å². The lowest BCUT2D eigenvalue weighted by Crippen LogP contribution is -2.46. The van der Waals surface area contributed by atoms with E-state index in [9.17, 15) is 9.90 Å². The van der Waals surface area contributed by atoms with E-state index in [1.54, 1.807) is 6.92 Å². The Balaban J connectivity index is 2.81.